The SMILES string of the molecule is O=C1NCCN1C1C=CCCN1Cc1ccccc1. The molecule has 19 heavy (non-hydrogen) atoms. The van der Waals surface area contributed by atoms with Crippen LogP contribution in [0.25, 0.3) is 0 Å². The van der Waals surface area contributed by atoms with Gasteiger partial charge in [0.1, 0.15) is 6.17 Å². The molecule has 1 fully saturated rings. The first-order valence-corrected chi connectivity index (χ1v) is 6.84. The number of nitrogens with one attached hydrogen (secondary N) is 1. The van der Waals surface area contributed by atoms with E-state index in [1.165, 1.54) is 5.56 Å². The second kappa shape index (κ2) is 5.45. The van der Waals surface area contributed by atoms with E-state index in [0.29, 0.717) is 0 Å². The van der Waals surface area contributed by atoms with E-state index in [-0.39, 0.29) is 12.2 Å². The molecule has 0 saturated carbocycles. The van der Waals surface area contributed by atoms with Gasteiger partial charge in [-0.2, -0.15) is 0 Å². The lowest BCUT2D eigenvalue weighted by Gasteiger charge is -2.37. The highest BCUT2D eigenvalue weighted by Crippen LogP contribution is 2.19. The number of hydrogen-bond donors (Lipinski definition) is 1. The molecule has 4 heteroatoms. The Labute approximate surface area is 113 Å². The van der Waals surface area contributed by atoms with Crippen molar-refractivity contribution in [1.82, 2.24) is 15.1 Å². The zero-order valence-electron chi connectivity index (χ0n) is 11.0. The summed E-state index contributed by atoms with van der Waals surface area (Å²) in [5.74, 6) is 0. The summed E-state index contributed by atoms with van der Waals surface area (Å²) in [6.07, 6.45) is 5.48. The van der Waals surface area contributed by atoms with E-state index in [2.05, 4.69) is 46.6 Å². The van der Waals surface area contributed by atoms with Crippen molar-refractivity contribution in [2.75, 3.05) is 19.6 Å². The van der Waals surface area contributed by atoms with Crippen molar-refractivity contribution >= 4 is 6.03 Å². The van der Waals surface area contributed by atoms with Gasteiger partial charge < -0.3 is 10.2 Å². The molecule has 0 radical (unpaired) electrons. The highest BCUT2D eigenvalue weighted by atomic mass is 16.2. The quantitative estimate of drug-likeness (QED) is 0.838. The average Bonchev–Trinajstić information content (AvgIpc) is 2.87. The molecule has 100 valence electrons. The van der Waals surface area contributed by atoms with Crippen LogP contribution in [0.5, 0.6) is 0 Å². The fourth-order valence-corrected chi connectivity index (χ4v) is 2.74. The molecule has 1 saturated heterocycles. The minimum atomic E-state index is 0.0506. The first-order valence-electron chi connectivity index (χ1n) is 6.84. The maximum Gasteiger partial charge on any atom is 0.319 e. The van der Waals surface area contributed by atoms with Crippen molar-refractivity contribution in [3.63, 3.8) is 0 Å². The standard InChI is InChI=1S/C15H19N3O/c19-15-16-9-11-18(15)14-8-4-5-10-17(14)12-13-6-2-1-3-7-13/h1-4,6-8,14H,5,9-12H2,(H,16,19). The lowest BCUT2D eigenvalue weighted by Crippen LogP contribution is -2.49. The van der Waals surface area contributed by atoms with Gasteiger partial charge >= 0.3 is 6.03 Å². The Bertz CT molecular complexity index is 472. The van der Waals surface area contributed by atoms with Crippen molar-refractivity contribution in [2.45, 2.75) is 19.1 Å². The molecule has 1 aromatic carbocycles. The van der Waals surface area contributed by atoms with Crippen LogP contribution in [0, 0.1) is 0 Å². The fraction of sp³-hybridized carbons (Fsp3) is 0.400. The highest BCUT2D eigenvalue weighted by Gasteiger charge is 2.31. The van der Waals surface area contributed by atoms with Gasteiger partial charge in [-0.05, 0) is 12.0 Å². The van der Waals surface area contributed by atoms with Gasteiger partial charge in [0, 0.05) is 26.2 Å². The third-order valence-corrected chi connectivity index (χ3v) is 3.70. The molecule has 0 spiro atoms. The average molecular weight is 257 g/mol. The van der Waals surface area contributed by atoms with Crippen molar-refractivity contribution in [2.24, 2.45) is 0 Å². The second-order valence-electron chi connectivity index (χ2n) is 5.01. The summed E-state index contributed by atoms with van der Waals surface area (Å²) in [5.41, 5.74) is 1.29. The first kappa shape index (κ1) is 12.2. The minimum Gasteiger partial charge on any atom is -0.336 e. The predicted molar refractivity (Wildman–Crippen MR) is 74.5 cm³/mol. The van der Waals surface area contributed by atoms with Gasteiger partial charge in [0.25, 0.3) is 0 Å². The number of amides is 2. The summed E-state index contributed by atoms with van der Waals surface area (Å²) in [7, 11) is 0. The van der Waals surface area contributed by atoms with Crippen molar-refractivity contribution in [3.8, 4) is 0 Å². The van der Waals surface area contributed by atoms with Crippen LogP contribution in [0.4, 0.5) is 4.79 Å². The van der Waals surface area contributed by atoms with Gasteiger partial charge in [-0.15, -0.1) is 0 Å². The van der Waals surface area contributed by atoms with E-state index in [9.17, 15) is 4.79 Å². The molecule has 1 aromatic rings. The Hall–Kier alpha value is -1.81. The molecule has 2 heterocycles. The Balaban J connectivity index is 1.75. The van der Waals surface area contributed by atoms with E-state index < -0.39 is 0 Å². The molecule has 2 aliphatic heterocycles. The molecular weight excluding hydrogens is 238 g/mol. The summed E-state index contributed by atoms with van der Waals surface area (Å²) < 4.78 is 0. The molecule has 2 aliphatic rings. The number of rotatable bonds is 3. The molecule has 1 atom stereocenters. The molecule has 4 nitrogen and oxygen atoms in total. The van der Waals surface area contributed by atoms with Crippen molar-refractivity contribution < 1.29 is 4.79 Å². The van der Waals surface area contributed by atoms with Crippen LogP contribution in [0.2, 0.25) is 0 Å². The van der Waals surface area contributed by atoms with Crippen LogP contribution < -0.4 is 5.32 Å². The normalized spacial score (nSPS) is 23.7. The van der Waals surface area contributed by atoms with Gasteiger partial charge in [0.05, 0.1) is 0 Å². The third-order valence-electron chi connectivity index (χ3n) is 3.70. The van der Waals surface area contributed by atoms with E-state index >= 15 is 0 Å². The van der Waals surface area contributed by atoms with Gasteiger partial charge in [-0.25, -0.2) is 4.79 Å². The van der Waals surface area contributed by atoms with Crippen molar-refractivity contribution in [1.29, 1.82) is 0 Å². The summed E-state index contributed by atoms with van der Waals surface area (Å²) in [6, 6.07) is 10.5. The van der Waals surface area contributed by atoms with Crippen molar-refractivity contribution in [3.05, 3.63) is 48.0 Å². The van der Waals surface area contributed by atoms with E-state index in [0.717, 1.165) is 32.6 Å². The zero-order chi connectivity index (χ0) is 13.1. The van der Waals surface area contributed by atoms with E-state index in [1.807, 2.05) is 11.0 Å². The number of carbonyl (C=O) groups excluding carboxylic acids is 1. The van der Waals surface area contributed by atoms with Gasteiger partial charge in [-0.3, -0.25) is 4.90 Å². The number of benzene rings is 1. The molecule has 0 bridgehead atoms. The summed E-state index contributed by atoms with van der Waals surface area (Å²) in [5, 5.41) is 2.88. The monoisotopic (exact) mass is 257 g/mol. The summed E-state index contributed by atoms with van der Waals surface area (Å²) in [4.78, 5) is 16.1. The lowest BCUT2D eigenvalue weighted by molar-refractivity contribution is 0.0997. The lowest BCUT2D eigenvalue weighted by atomic mass is 10.1. The number of hydrogen-bond acceptors (Lipinski definition) is 2. The Morgan fingerprint density at radius 2 is 2.05 bits per heavy atom. The third kappa shape index (κ3) is 2.63. The molecule has 2 amide bonds. The van der Waals surface area contributed by atoms with Crippen LogP contribution >= 0.6 is 0 Å². The molecule has 1 unspecified atom stereocenters. The van der Waals surface area contributed by atoms with Gasteiger partial charge in [-0.1, -0.05) is 42.5 Å². The molecule has 0 aromatic heterocycles. The van der Waals surface area contributed by atoms with Crippen LogP contribution in [0.3, 0.4) is 0 Å². The first-order chi connectivity index (χ1) is 9.34. The van der Waals surface area contributed by atoms with Crippen LogP contribution in [0.15, 0.2) is 42.5 Å². The van der Waals surface area contributed by atoms with Crippen LogP contribution in [-0.4, -0.2) is 41.6 Å². The summed E-state index contributed by atoms with van der Waals surface area (Å²) >= 11 is 0. The predicted octanol–water partition coefficient (Wildman–Crippen LogP) is 1.80. The molecule has 1 N–H and O–H groups in total. The summed E-state index contributed by atoms with van der Waals surface area (Å²) in [6.45, 7) is 3.43. The highest BCUT2D eigenvalue weighted by molar-refractivity contribution is 5.76. The number of urea groups is 1. The minimum absolute atomic E-state index is 0.0506. The van der Waals surface area contributed by atoms with E-state index in [1.54, 1.807) is 0 Å². The zero-order valence-corrected chi connectivity index (χ0v) is 11.0. The molecule has 3 rings (SSSR count). The molecule has 0 aliphatic carbocycles. The van der Waals surface area contributed by atoms with Gasteiger partial charge in [0.15, 0.2) is 0 Å². The maximum absolute atomic E-state index is 11.8. The topological polar surface area (TPSA) is 35.6 Å². The maximum atomic E-state index is 11.8. The Kier molecular flexibility index (Phi) is 3.51. The number of nitrogens with zero attached hydrogens (tertiary/aromatic N) is 2. The van der Waals surface area contributed by atoms with Gasteiger partial charge in [0.2, 0.25) is 0 Å². The fourth-order valence-electron chi connectivity index (χ4n) is 2.74. The Morgan fingerprint density at radius 3 is 2.79 bits per heavy atom. The molecular formula is C15H19N3O. The van der Waals surface area contributed by atoms with Crippen LogP contribution in [-0.2, 0) is 6.54 Å². The smallest absolute Gasteiger partial charge is 0.319 e. The van der Waals surface area contributed by atoms with Crippen LogP contribution in [0.1, 0.15) is 12.0 Å². The number of carbonyl (C=O) groups is 1. The Morgan fingerprint density at radius 1 is 1.21 bits per heavy atom. The van der Waals surface area contributed by atoms with E-state index in [4.69, 9.17) is 0 Å². The second-order valence-corrected chi connectivity index (χ2v) is 5.01. The largest absolute Gasteiger partial charge is 0.336 e.